The molecule has 1 aromatic carbocycles. The minimum absolute atomic E-state index is 0.197. The number of nitrogens with two attached hydrogens (primary N) is 2. The molecule has 4 N–H and O–H groups in total. The van der Waals surface area contributed by atoms with Gasteiger partial charge in [-0.15, -0.1) is 0 Å². The van der Waals surface area contributed by atoms with Crippen LogP contribution in [0.15, 0.2) is 39.1 Å². The van der Waals surface area contributed by atoms with Gasteiger partial charge in [0.25, 0.3) is 0 Å². The summed E-state index contributed by atoms with van der Waals surface area (Å²) in [6, 6.07) is 6.64. The van der Waals surface area contributed by atoms with E-state index in [1.54, 1.807) is 24.3 Å². The molecule has 1 spiro atoms. The maximum Gasteiger partial charge on any atom is 0.242 e. The van der Waals surface area contributed by atoms with Crippen molar-refractivity contribution in [2.24, 2.45) is 21.5 Å². The van der Waals surface area contributed by atoms with Crippen molar-refractivity contribution < 1.29 is 8.42 Å². The van der Waals surface area contributed by atoms with Crippen molar-refractivity contribution in [1.29, 1.82) is 0 Å². The molecule has 1 saturated carbocycles. The maximum atomic E-state index is 12.2. The van der Waals surface area contributed by atoms with Gasteiger partial charge < -0.3 is 11.5 Å². The maximum absolute atomic E-state index is 12.2. The predicted octanol–water partition coefficient (Wildman–Crippen LogP) is 1.05. The van der Waals surface area contributed by atoms with Crippen LogP contribution in [0.3, 0.4) is 0 Å². The molecule has 1 fully saturated rings. The van der Waals surface area contributed by atoms with E-state index in [9.17, 15) is 8.42 Å². The van der Waals surface area contributed by atoms with Crippen molar-refractivity contribution in [3.63, 3.8) is 0 Å². The quantitative estimate of drug-likeness (QED) is 0.831. The molecule has 9 heteroatoms. The Morgan fingerprint density at radius 1 is 1.08 bits per heavy atom. The highest BCUT2D eigenvalue weighted by atomic mass is 32.2. The Morgan fingerprint density at radius 3 is 2.24 bits per heavy atom. The summed E-state index contributed by atoms with van der Waals surface area (Å²) < 4.78 is 25.7. The molecule has 0 atom stereocenters. The number of guanidine groups is 2. The van der Waals surface area contributed by atoms with Crippen LogP contribution in [0.5, 0.6) is 0 Å². The van der Waals surface area contributed by atoms with Crippen LogP contribution < -0.4 is 16.4 Å². The average Bonchev–Trinajstić information content (AvgIpc) is 2.55. The van der Waals surface area contributed by atoms with Crippen LogP contribution in [0.1, 0.15) is 32.1 Å². The Labute approximate surface area is 148 Å². The van der Waals surface area contributed by atoms with E-state index in [4.69, 9.17) is 11.5 Å². The fraction of sp³-hybridized carbons (Fsp3) is 0.500. The van der Waals surface area contributed by atoms with Crippen LogP contribution in [0.25, 0.3) is 0 Å². The summed E-state index contributed by atoms with van der Waals surface area (Å²) >= 11 is 0. The van der Waals surface area contributed by atoms with E-state index in [0.717, 1.165) is 37.8 Å². The van der Waals surface area contributed by atoms with Crippen molar-refractivity contribution in [1.82, 2.24) is 4.31 Å². The molecule has 0 unspecified atom stereocenters. The first-order chi connectivity index (χ1) is 11.8. The average molecular weight is 364 g/mol. The van der Waals surface area contributed by atoms with E-state index in [2.05, 4.69) is 9.98 Å². The molecule has 8 nitrogen and oxygen atoms in total. The van der Waals surface area contributed by atoms with E-state index >= 15 is 0 Å². The Balaban J connectivity index is 2.00. The minimum Gasteiger partial charge on any atom is -0.369 e. The van der Waals surface area contributed by atoms with Gasteiger partial charge in [0, 0.05) is 19.8 Å². The van der Waals surface area contributed by atoms with Crippen LogP contribution >= 0.6 is 0 Å². The Kier molecular flexibility index (Phi) is 4.46. The zero-order valence-corrected chi connectivity index (χ0v) is 15.3. The molecule has 2 aliphatic rings. The molecule has 0 aromatic heterocycles. The van der Waals surface area contributed by atoms with Gasteiger partial charge >= 0.3 is 0 Å². The molecular weight excluding hydrogens is 340 g/mol. The molecule has 1 aliphatic carbocycles. The monoisotopic (exact) mass is 364 g/mol. The third-order valence-corrected chi connectivity index (χ3v) is 6.55. The van der Waals surface area contributed by atoms with E-state index < -0.39 is 15.7 Å². The van der Waals surface area contributed by atoms with E-state index in [0.29, 0.717) is 0 Å². The van der Waals surface area contributed by atoms with Crippen molar-refractivity contribution in [3.8, 4) is 0 Å². The first-order valence-electron chi connectivity index (χ1n) is 8.29. The van der Waals surface area contributed by atoms with Crippen molar-refractivity contribution in [2.45, 2.75) is 42.7 Å². The molecule has 136 valence electrons. The second kappa shape index (κ2) is 6.30. The van der Waals surface area contributed by atoms with Crippen LogP contribution in [-0.2, 0) is 10.0 Å². The second-order valence-electron chi connectivity index (χ2n) is 6.60. The zero-order chi connectivity index (χ0) is 18.2. The second-order valence-corrected chi connectivity index (χ2v) is 8.75. The highest BCUT2D eigenvalue weighted by Crippen LogP contribution is 2.39. The molecule has 0 radical (unpaired) electrons. The number of hydrogen-bond acceptors (Lipinski definition) is 7. The third-order valence-electron chi connectivity index (χ3n) is 4.72. The van der Waals surface area contributed by atoms with Gasteiger partial charge in [0.1, 0.15) is 5.66 Å². The Morgan fingerprint density at radius 2 is 1.68 bits per heavy atom. The molecule has 1 aliphatic heterocycles. The largest absolute Gasteiger partial charge is 0.369 e. The first-order valence-corrected chi connectivity index (χ1v) is 9.73. The fourth-order valence-corrected chi connectivity index (χ4v) is 4.37. The normalized spacial score (nSPS) is 20.5. The third kappa shape index (κ3) is 3.09. The van der Waals surface area contributed by atoms with Crippen molar-refractivity contribution in [2.75, 3.05) is 19.0 Å². The van der Waals surface area contributed by atoms with Gasteiger partial charge in [0.15, 0.2) is 0 Å². The molecule has 0 bridgehead atoms. The van der Waals surface area contributed by atoms with Gasteiger partial charge in [-0.1, -0.05) is 6.42 Å². The zero-order valence-electron chi connectivity index (χ0n) is 14.5. The van der Waals surface area contributed by atoms with Crippen molar-refractivity contribution >= 4 is 27.6 Å². The molecule has 25 heavy (non-hydrogen) atoms. The summed E-state index contributed by atoms with van der Waals surface area (Å²) in [5.41, 5.74) is 12.3. The molecule has 1 heterocycles. The summed E-state index contributed by atoms with van der Waals surface area (Å²) in [5.74, 6) is 0.486. The topological polar surface area (TPSA) is 117 Å². The molecule has 3 rings (SSSR count). The lowest BCUT2D eigenvalue weighted by Crippen LogP contribution is -2.58. The van der Waals surface area contributed by atoms with E-state index in [-0.39, 0.29) is 16.8 Å². The lowest BCUT2D eigenvalue weighted by molar-refractivity contribution is 0.305. The molecule has 1 aromatic rings. The van der Waals surface area contributed by atoms with Crippen LogP contribution in [0.2, 0.25) is 0 Å². The van der Waals surface area contributed by atoms with Gasteiger partial charge in [-0.3, -0.25) is 4.90 Å². The summed E-state index contributed by atoms with van der Waals surface area (Å²) in [6.07, 6.45) is 4.90. The predicted molar refractivity (Wildman–Crippen MR) is 98.9 cm³/mol. The number of rotatable bonds is 3. The smallest absolute Gasteiger partial charge is 0.242 e. The van der Waals surface area contributed by atoms with E-state index in [1.165, 1.54) is 18.4 Å². The SMILES string of the molecule is CN(C)S(=O)(=O)c1ccc(N2C(N)=NC(N)=NC23CCCCC3)cc1. The minimum atomic E-state index is -3.47. The summed E-state index contributed by atoms with van der Waals surface area (Å²) in [4.78, 5) is 10.8. The Hall–Kier alpha value is -2.13. The first kappa shape index (κ1) is 17.7. The number of sulfonamides is 1. The Bertz CT molecular complexity index is 808. The summed E-state index contributed by atoms with van der Waals surface area (Å²) in [5, 5.41) is 0. The molecular formula is C16H24N6O2S. The van der Waals surface area contributed by atoms with Crippen LogP contribution in [0, 0.1) is 0 Å². The van der Waals surface area contributed by atoms with E-state index in [1.807, 2.05) is 4.90 Å². The van der Waals surface area contributed by atoms with Crippen molar-refractivity contribution in [3.05, 3.63) is 24.3 Å². The van der Waals surface area contributed by atoms with Crippen LogP contribution in [0.4, 0.5) is 5.69 Å². The van der Waals surface area contributed by atoms with Gasteiger partial charge in [-0.25, -0.2) is 17.7 Å². The van der Waals surface area contributed by atoms with Gasteiger partial charge in [-0.2, -0.15) is 4.99 Å². The fourth-order valence-electron chi connectivity index (χ4n) is 3.47. The lowest BCUT2D eigenvalue weighted by Gasteiger charge is -2.45. The summed E-state index contributed by atoms with van der Waals surface area (Å²) in [7, 11) is -0.460. The number of benzene rings is 1. The van der Waals surface area contributed by atoms with Gasteiger partial charge in [0.2, 0.25) is 21.9 Å². The standard InChI is InChI=1S/C16H24N6O2S/c1-21(2)25(23,24)13-8-6-12(7-9-13)22-15(18)19-14(17)20-16(22)10-4-3-5-11-16/h6-9H,3-5,10-11H2,1-2H3,(H4,17,18,19,20). The highest BCUT2D eigenvalue weighted by Gasteiger charge is 2.42. The van der Waals surface area contributed by atoms with Crippen LogP contribution in [-0.4, -0.2) is 44.4 Å². The number of anilines is 1. The number of hydrogen-bond donors (Lipinski definition) is 2. The molecule has 0 saturated heterocycles. The number of nitrogens with zero attached hydrogens (tertiary/aromatic N) is 4. The van der Waals surface area contributed by atoms with Gasteiger partial charge in [0.05, 0.1) is 4.90 Å². The highest BCUT2D eigenvalue weighted by molar-refractivity contribution is 7.89. The molecule has 0 amide bonds. The lowest BCUT2D eigenvalue weighted by atomic mass is 9.87. The summed E-state index contributed by atoms with van der Waals surface area (Å²) in [6.45, 7) is 0. The van der Waals surface area contributed by atoms with Gasteiger partial charge in [-0.05, 0) is 49.9 Å². The number of aliphatic imine (C=N–C) groups is 2.